The maximum atomic E-state index is 13.4. The SMILES string of the molecule is CCSC1CCC(NS(=O)(=O)c2ccc(Br)c(F)c2)C1. The van der Waals surface area contributed by atoms with Gasteiger partial charge in [0.25, 0.3) is 0 Å². The highest BCUT2D eigenvalue weighted by atomic mass is 79.9. The van der Waals surface area contributed by atoms with E-state index in [1.54, 1.807) is 0 Å². The summed E-state index contributed by atoms with van der Waals surface area (Å²) in [5.41, 5.74) is 0. The van der Waals surface area contributed by atoms with Crippen LogP contribution in [0.5, 0.6) is 0 Å². The average Bonchev–Trinajstić information content (AvgIpc) is 2.79. The van der Waals surface area contributed by atoms with Crippen LogP contribution in [0.25, 0.3) is 0 Å². The molecule has 1 fully saturated rings. The zero-order valence-corrected chi connectivity index (χ0v) is 14.3. The fourth-order valence-corrected chi connectivity index (χ4v) is 5.05. The molecule has 0 amide bonds. The fourth-order valence-electron chi connectivity index (χ4n) is 2.37. The third-order valence-corrected chi connectivity index (χ3v) is 6.70. The Morgan fingerprint density at radius 1 is 1.45 bits per heavy atom. The lowest BCUT2D eigenvalue weighted by Crippen LogP contribution is -2.33. The Morgan fingerprint density at radius 2 is 2.20 bits per heavy atom. The second-order valence-electron chi connectivity index (χ2n) is 4.78. The number of thioether (sulfide) groups is 1. The topological polar surface area (TPSA) is 46.2 Å². The minimum atomic E-state index is -3.64. The molecule has 1 aliphatic carbocycles. The van der Waals surface area contributed by atoms with Crippen LogP contribution in [0, 0.1) is 5.82 Å². The van der Waals surface area contributed by atoms with Gasteiger partial charge in [0.05, 0.1) is 9.37 Å². The monoisotopic (exact) mass is 381 g/mol. The lowest BCUT2D eigenvalue weighted by Gasteiger charge is -2.13. The maximum absolute atomic E-state index is 13.4. The zero-order chi connectivity index (χ0) is 14.8. The van der Waals surface area contributed by atoms with E-state index in [9.17, 15) is 12.8 Å². The number of rotatable bonds is 5. The smallest absolute Gasteiger partial charge is 0.208 e. The minimum absolute atomic E-state index is 0.0233. The van der Waals surface area contributed by atoms with Crippen molar-refractivity contribution in [1.82, 2.24) is 4.72 Å². The number of halogens is 2. The van der Waals surface area contributed by atoms with Crippen molar-refractivity contribution in [2.75, 3.05) is 5.75 Å². The molecule has 0 bridgehead atoms. The Hall–Kier alpha value is -0.110. The molecule has 1 aromatic rings. The first-order valence-electron chi connectivity index (χ1n) is 6.51. The molecule has 0 spiro atoms. The molecule has 0 aliphatic heterocycles. The van der Waals surface area contributed by atoms with Crippen LogP contribution in [0.15, 0.2) is 27.6 Å². The van der Waals surface area contributed by atoms with Gasteiger partial charge in [0.15, 0.2) is 0 Å². The molecule has 0 radical (unpaired) electrons. The summed E-state index contributed by atoms with van der Waals surface area (Å²) >= 11 is 4.88. The van der Waals surface area contributed by atoms with Crippen LogP contribution in [0.4, 0.5) is 4.39 Å². The van der Waals surface area contributed by atoms with Gasteiger partial charge >= 0.3 is 0 Å². The normalized spacial score (nSPS) is 23.1. The molecule has 0 saturated heterocycles. The lowest BCUT2D eigenvalue weighted by atomic mass is 10.3. The molecule has 2 rings (SSSR count). The summed E-state index contributed by atoms with van der Waals surface area (Å²) in [5.74, 6) is 0.473. The maximum Gasteiger partial charge on any atom is 0.240 e. The van der Waals surface area contributed by atoms with Crippen LogP contribution >= 0.6 is 27.7 Å². The molecule has 0 aromatic heterocycles. The van der Waals surface area contributed by atoms with Crippen molar-refractivity contribution in [3.05, 3.63) is 28.5 Å². The summed E-state index contributed by atoms with van der Waals surface area (Å²) in [4.78, 5) is -0.0233. The molecule has 1 N–H and O–H groups in total. The van der Waals surface area contributed by atoms with E-state index < -0.39 is 15.8 Å². The van der Waals surface area contributed by atoms with Gasteiger partial charge in [-0.1, -0.05) is 6.92 Å². The summed E-state index contributed by atoms with van der Waals surface area (Å²) < 4.78 is 40.8. The first-order valence-corrected chi connectivity index (χ1v) is 9.84. The highest BCUT2D eigenvalue weighted by molar-refractivity contribution is 9.10. The van der Waals surface area contributed by atoms with Gasteiger partial charge in [0, 0.05) is 11.3 Å². The largest absolute Gasteiger partial charge is 0.240 e. The Bertz CT molecular complexity index is 580. The molecule has 1 saturated carbocycles. The van der Waals surface area contributed by atoms with Crippen LogP contribution in [-0.2, 0) is 10.0 Å². The van der Waals surface area contributed by atoms with Crippen molar-refractivity contribution in [2.45, 2.75) is 42.4 Å². The van der Waals surface area contributed by atoms with E-state index in [2.05, 4.69) is 27.6 Å². The predicted octanol–water partition coefficient (Wildman–Crippen LogP) is 3.54. The minimum Gasteiger partial charge on any atom is -0.208 e. The summed E-state index contributed by atoms with van der Waals surface area (Å²) in [7, 11) is -3.64. The molecule has 112 valence electrons. The van der Waals surface area contributed by atoms with E-state index in [4.69, 9.17) is 0 Å². The second kappa shape index (κ2) is 6.77. The van der Waals surface area contributed by atoms with Gasteiger partial charge in [-0.2, -0.15) is 11.8 Å². The zero-order valence-electron chi connectivity index (χ0n) is 11.1. The standard InChI is InChI=1S/C13H17BrFNO2S2/c1-2-19-10-4-3-9(7-10)16-20(17,18)11-5-6-12(14)13(15)8-11/h5-6,8-10,16H,2-4,7H2,1H3. The molecule has 1 aliphatic rings. The fraction of sp³-hybridized carbons (Fsp3) is 0.538. The van der Waals surface area contributed by atoms with Gasteiger partial charge in [-0.25, -0.2) is 17.5 Å². The average molecular weight is 382 g/mol. The van der Waals surface area contributed by atoms with Crippen molar-refractivity contribution in [3.8, 4) is 0 Å². The van der Waals surface area contributed by atoms with Crippen LogP contribution in [0.1, 0.15) is 26.2 Å². The van der Waals surface area contributed by atoms with E-state index >= 15 is 0 Å². The molecule has 2 unspecified atom stereocenters. The summed E-state index contributed by atoms with van der Waals surface area (Å²) in [5, 5.41) is 0.523. The highest BCUT2D eigenvalue weighted by Gasteiger charge is 2.28. The summed E-state index contributed by atoms with van der Waals surface area (Å²) in [6.45, 7) is 2.10. The number of sulfonamides is 1. The van der Waals surface area contributed by atoms with Crippen molar-refractivity contribution >= 4 is 37.7 Å². The summed E-state index contributed by atoms with van der Waals surface area (Å²) in [6, 6.07) is 3.81. The van der Waals surface area contributed by atoms with Gasteiger partial charge in [-0.3, -0.25) is 0 Å². The van der Waals surface area contributed by atoms with Gasteiger partial charge in [0.1, 0.15) is 5.82 Å². The molecule has 3 nitrogen and oxygen atoms in total. The van der Waals surface area contributed by atoms with Crippen LogP contribution in [0.3, 0.4) is 0 Å². The van der Waals surface area contributed by atoms with Gasteiger partial charge < -0.3 is 0 Å². The number of benzene rings is 1. The van der Waals surface area contributed by atoms with Crippen LogP contribution in [-0.4, -0.2) is 25.5 Å². The van der Waals surface area contributed by atoms with Crippen molar-refractivity contribution < 1.29 is 12.8 Å². The lowest BCUT2D eigenvalue weighted by molar-refractivity contribution is 0.550. The third kappa shape index (κ3) is 3.96. The Kier molecular flexibility index (Phi) is 5.50. The quantitative estimate of drug-likeness (QED) is 0.848. The van der Waals surface area contributed by atoms with E-state index in [1.807, 2.05) is 11.8 Å². The van der Waals surface area contributed by atoms with Crippen molar-refractivity contribution in [2.24, 2.45) is 0 Å². The Labute approximate surface area is 131 Å². The molecular formula is C13H17BrFNO2S2. The summed E-state index contributed by atoms with van der Waals surface area (Å²) in [6.07, 6.45) is 2.72. The van der Waals surface area contributed by atoms with E-state index in [1.165, 1.54) is 12.1 Å². The highest BCUT2D eigenvalue weighted by Crippen LogP contribution is 2.30. The Morgan fingerprint density at radius 3 is 2.85 bits per heavy atom. The Balaban J connectivity index is 2.06. The van der Waals surface area contributed by atoms with Crippen LogP contribution < -0.4 is 4.72 Å². The first kappa shape index (κ1) is 16.3. The van der Waals surface area contributed by atoms with E-state index in [-0.39, 0.29) is 15.4 Å². The van der Waals surface area contributed by atoms with Gasteiger partial charge in [-0.15, -0.1) is 0 Å². The predicted molar refractivity (Wildman–Crippen MR) is 84.0 cm³/mol. The van der Waals surface area contributed by atoms with Gasteiger partial charge in [-0.05, 0) is 59.1 Å². The number of nitrogens with one attached hydrogen (secondary N) is 1. The van der Waals surface area contributed by atoms with E-state index in [0.717, 1.165) is 31.1 Å². The number of hydrogen-bond donors (Lipinski definition) is 1. The van der Waals surface area contributed by atoms with Gasteiger partial charge in [0.2, 0.25) is 10.0 Å². The molecule has 20 heavy (non-hydrogen) atoms. The molecule has 2 atom stereocenters. The molecule has 7 heteroatoms. The third-order valence-electron chi connectivity index (χ3n) is 3.31. The van der Waals surface area contributed by atoms with Crippen molar-refractivity contribution in [3.63, 3.8) is 0 Å². The van der Waals surface area contributed by atoms with Crippen LogP contribution in [0.2, 0.25) is 0 Å². The number of hydrogen-bond acceptors (Lipinski definition) is 3. The molecule has 1 aromatic carbocycles. The first-order chi connectivity index (χ1) is 9.42. The second-order valence-corrected chi connectivity index (χ2v) is 8.93. The van der Waals surface area contributed by atoms with Crippen molar-refractivity contribution in [1.29, 1.82) is 0 Å². The molecule has 0 heterocycles. The molecular weight excluding hydrogens is 365 g/mol. The van der Waals surface area contributed by atoms with E-state index in [0.29, 0.717) is 5.25 Å².